The van der Waals surface area contributed by atoms with Crippen LogP contribution in [0.2, 0.25) is 0 Å². The highest BCUT2D eigenvalue weighted by molar-refractivity contribution is 7.80. The first kappa shape index (κ1) is 13.1. The molecule has 0 saturated heterocycles. The van der Waals surface area contributed by atoms with Crippen molar-refractivity contribution in [2.45, 2.75) is 18.6 Å². The number of thiol groups is 1. The highest BCUT2D eigenvalue weighted by atomic mass is 32.1. The third kappa shape index (κ3) is 2.58. The minimum Gasteiger partial charge on any atom is -0.464 e. The molecule has 1 aromatic heterocycles. The lowest BCUT2D eigenvalue weighted by atomic mass is 10.0. The van der Waals surface area contributed by atoms with Gasteiger partial charge in [-0.25, -0.2) is 0 Å². The summed E-state index contributed by atoms with van der Waals surface area (Å²) in [5.74, 6) is 0.480. The predicted octanol–water partition coefficient (Wildman–Crippen LogP) is 1.51. The first-order valence-corrected chi connectivity index (χ1v) is 6.25. The average Bonchev–Trinajstić information content (AvgIpc) is 2.38. The minimum absolute atomic E-state index is 0.172. The predicted molar refractivity (Wildman–Crippen MR) is 71.9 cm³/mol. The third-order valence-corrected chi connectivity index (χ3v) is 3.07. The summed E-state index contributed by atoms with van der Waals surface area (Å²) >= 11 is 4.01. The first-order chi connectivity index (χ1) is 8.63. The van der Waals surface area contributed by atoms with Crippen LogP contribution < -0.4 is 5.43 Å². The zero-order chi connectivity index (χ0) is 13.1. The van der Waals surface area contributed by atoms with Crippen molar-refractivity contribution in [3.05, 3.63) is 46.3 Å². The normalized spacial score (nSPS) is 14.6. The van der Waals surface area contributed by atoms with Gasteiger partial charge in [0.05, 0.1) is 17.8 Å². The Morgan fingerprint density at radius 3 is 2.78 bits per heavy atom. The van der Waals surface area contributed by atoms with Gasteiger partial charge < -0.3 is 14.6 Å². The Bertz CT molecular complexity index is 593. The second-order valence-electron chi connectivity index (χ2n) is 4.06. The summed E-state index contributed by atoms with van der Waals surface area (Å²) in [6, 6.07) is 6.12. The van der Waals surface area contributed by atoms with E-state index in [9.17, 15) is 15.0 Å². The summed E-state index contributed by atoms with van der Waals surface area (Å²) in [4.78, 5) is 11.6. The van der Waals surface area contributed by atoms with Crippen LogP contribution in [0, 0.1) is 0 Å². The van der Waals surface area contributed by atoms with Gasteiger partial charge in [-0.2, -0.15) is 12.6 Å². The highest BCUT2D eigenvalue weighted by Crippen LogP contribution is 2.22. The lowest BCUT2D eigenvalue weighted by Gasteiger charge is -2.17. The smallest absolute Gasteiger partial charge is 0.192 e. The van der Waals surface area contributed by atoms with Gasteiger partial charge in [-0.1, -0.05) is 6.07 Å². The van der Waals surface area contributed by atoms with E-state index in [0.29, 0.717) is 28.7 Å². The molecular weight excluding hydrogens is 252 g/mol. The van der Waals surface area contributed by atoms with E-state index in [4.69, 9.17) is 4.42 Å². The van der Waals surface area contributed by atoms with Crippen LogP contribution in [0.3, 0.4) is 0 Å². The van der Waals surface area contributed by atoms with E-state index in [2.05, 4.69) is 12.6 Å². The Morgan fingerprint density at radius 1 is 1.28 bits per heavy atom. The second kappa shape index (κ2) is 5.56. The quantitative estimate of drug-likeness (QED) is 0.734. The van der Waals surface area contributed by atoms with Crippen LogP contribution in [-0.2, 0) is 0 Å². The zero-order valence-corrected chi connectivity index (χ0v) is 10.5. The van der Waals surface area contributed by atoms with Gasteiger partial charge in [0.25, 0.3) is 0 Å². The molecule has 1 aromatic carbocycles. The van der Waals surface area contributed by atoms with Crippen LogP contribution in [0.25, 0.3) is 11.0 Å². The van der Waals surface area contributed by atoms with Gasteiger partial charge in [-0.3, -0.25) is 4.79 Å². The Morgan fingerprint density at radius 2 is 2.06 bits per heavy atom. The average molecular weight is 266 g/mol. The van der Waals surface area contributed by atoms with Crippen LogP contribution in [-0.4, -0.2) is 22.1 Å². The van der Waals surface area contributed by atoms with Crippen LogP contribution in [0.15, 0.2) is 39.7 Å². The lowest BCUT2D eigenvalue weighted by Crippen LogP contribution is -2.18. The monoisotopic (exact) mass is 266 g/mol. The van der Waals surface area contributed by atoms with E-state index in [1.54, 1.807) is 18.2 Å². The van der Waals surface area contributed by atoms with Crippen LogP contribution in [0.4, 0.5) is 0 Å². The summed E-state index contributed by atoms with van der Waals surface area (Å²) < 4.78 is 5.18. The summed E-state index contributed by atoms with van der Waals surface area (Å²) in [6.07, 6.45) is -0.209. The summed E-state index contributed by atoms with van der Waals surface area (Å²) in [7, 11) is 0. The Labute approximate surface area is 109 Å². The Kier molecular flexibility index (Phi) is 4.06. The van der Waals surface area contributed by atoms with Gasteiger partial charge in [-0.05, 0) is 29.9 Å². The topological polar surface area (TPSA) is 70.7 Å². The Balaban J connectivity index is 2.40. The van der Waals surface area contributed by atoms with Gasteiger partial charge in [-0.15, -0.1) is 0 Å². The molecule has 1 heterocycles. The minimum atomic E-state index is -1.03. The number of hydrogen-bond donors (Lipinski definition) is 3. The highest BCUT2D eigenvalue weighted by Gasteiger charge is 2.18. The van der Waals surface area contributed by atoms with Crippen molar-refractivity contribution in [3.63, 3.8) is 0 Å². The van der Waals surface area contributed by atoms with Gasteiger partial charge >= 0.3 is 0 Å². The van der Waals surface area contributed by atoms with E-state index in [-0.39, 0.29) is 5.43 Å². The summed E-state index contributed by atoms with van der Waals surface area (Å²) in [6.45, 7) is 0. The first-order valence-electron chi connectivity index (χ1n) is 5.62. The standard InChI is InChI=1S/C13H14O4S/c14-10-3-5-17-12-2-1-8(7-9(10)12)13(16)11(15)4-6-18/h1-3,5,7,11,13,15-16,18H,4,6H2. The molecule has 2 unspecified atom stereocenters. The van der Waals surface area contributed by atoms with Crippen LogP contribution in [0.5, 0.6) is 0 Å². The molecular formula is C13H14O4S. The summed E-state index contributed by atoms with van der Waals surface area (Å²) in [5, 5.41) is 20.1. The number of aliphatic hydroxyl groups excluding tert-OH is 2. The van der Waals surface area contributed by atoms with Crippen molar-refractivity contribution in [1.82, 2.24) is 0 Å². The zero-order valence-electron chi connectivity index (χ0n) is 9.61. The van der Waals surface area contributed by atoms with Crippen molar-refractivity contribution >= 4 is 23.6 Å². The fourth-order valence-electron chi connectivity index (χ4n) is 1.80. The van der Waals surface area contributed by atoms with E-state index in [1.807, 2.05) is 0 Å². The molecule has 2 N–H and O–H groups in total. The maximum absolute atomic E-state index is 11.6. The van der Waals surface area contributed by atoms with E-state index < -0.39 is 12.2 Å². The maximum Gasteiger partial charge on any atom is 0.192 e. The molecule has 2 aromatic rings. The molecule has 0 saturated carbocycles. The molecule has 4 nitrogen and oxygen atoms in total. The van der Waals surface area contributed by atoms with Crippen molar-refractivity contribution in [3.8, 4) is 0 Å². The molecule has 96 valence electrons. The fourth-order valence-corrected chi connectivity index (χ4v) is 2.06. The van der Waals surface area contributed by atoms with Crippen LogP contribution >= 0.6 is 12.6 Å². The lowest BCUT2D eigenvalue weighted by molar-refractivity contribution is 0.0173. The SMILES string of the molecule is O=c1ccoc2ccc(C(O)C(O)CCS)cc12. The van der Waals surface area contributed by atoms with Gasteiger partial charge in [0, 0.05) is 6.07 Å². The van der Waals surface area contributed by atoms with Gasteiger partial charge in [0.2, 0.25) is 0 Å². The van der Waals surface area contributed by atoms with Gasteiger partial charge in [0.15, 0.2) is 5.43 Å². The van der Waals surface area contributed by atoms with Crippen molar-refractivity contribution in [1.29, 1.82) is 0 Å². The largest absolute Gasteiger partial charge is 0.464 e. The number of rotatable bonds is 4. The van der Waals surface area contributed by atoms with Gasteiger partial charge in [0.1, 0.15) is 11.7 Å². The molecule has 0 amide bonds. The van der Waals surface area contributed by atoms with Crippen molar-refractivity contribution in [2.75, 3.05) is 5.75 Å². The molecule has 0 spiro atoms. The summed E-state index contributed by atoms with van der Waals surface area (Å²) in [5.41, 5.74) is 0.784. The van der Waals surface area contributed by atoms with E-state index in [0.717, 1.165) is 0 Å². The van der Waals surface area contributed by atoms with Crippen LogP contribution in [0.1, 0.15) is 18.1 Å². The van der Waals surface area contributed by atoms with E-state index in [1.165, 1.54) is 12.3 Å². The fraction of sp³-hybridized carbons (Fsp3) is 0.308. The molecule has 2 rings (SSSR count). The molecule has 5 heteroatoms. The van der Waals surface area contributed by atoms with E-state index >= 15 is 0 Å². The number of fused-ring (bicyclic) bond motifs is 1. The molecule has 18 heavy (non-hydrogen) atoms. The third-order valence-electron chi connectivity index (χ3n) is 2.81. The second-order valence-corrected chi connectivity index (χ2v) is 4.51. The molecule has 0 fully saturated rings. The molecule has 0 aliphatic carbocycles. The molecule has 2 atom stereocenters. The molecule has 0 radical (unpaired) electrons. The Hall–Kier alpha value is -1.30. The maximum atomic E-state index is 11.6. The number of hydrogen-bond acceptors (Lipinski definition) is 5. The number of benzene rings is 1. The van der Waals surface area contributed by atoms with Crippen molar-refractivity contribution in [2.24, 2.45) is 0 Å². The number of aliphatic hydroxyl groups is 2. The van der Waals surface area contributed by atoms with Crippen molar-refractivity contribution < 1.29 is 14.6 Å². The molecule has 0 aliphatic rings. The molecule has 0 aliphatic heterocycles. The molecule has 0 bridgehead atoms.